The summed E-state index contributed by atoms with van der Waals surface area (Å²) in [6.45, 7) is 7.78. The topological polar surface area (TPSA) is 75.4 Å². The molecule has 6 heteroatoms. The first-order valence-electron chi connectivity index (χ1n) is 7.95. The van der Waals surface area contributed by atoms with Crippen LogP contribution in [0.25, 0.3) is 0 Å². The number of unbranched alkanes of at least 4 members (excludes halogenated alkanes) is 3. The van der Waals surface area contributed by atoms with E-state index in [4.69, 9.17) is 4.52 Å². The zero-order valence-corrected chi connectivity index (χ0v) is 13.9. The van der Waals surface area contributed by atoms with E-state index in [1.165, 1.54) is 4.90 Å². The van der Waals surface area contributed by atoms with E-state index in [-0.39, 0.29) is 18.5 Å². The Kier molecular flexibility index (Phi) is 4.88. The molecule has 1 atom stereocenters. The molecule has 1 aromatic heterocycles. The first-order valence-corrected chi connectivity index (χ1v) is 7.95. The second kappa shape index (κ2) is 6.50. The zero-order chi connectivity index (χ0) is 16.3. The molecule has 0 aliphatic carbocycles. The predicted molar refractivity (Wildman–Crippen MR) is 82.2 cm³/mol. The maximum absolute atomic E-state index is 12.6. The van der Waals surface area contributed by atoms with Crippen LogP contribution >= 0.6 is 0 Å². The lowest BCUT2D eigenvalue weighted by Gasteiger charge is -2.21. The number of nitrogens with one attached hydrogen (secondary N) is 1. The Bertz CT molecular complexity index is 547. The first kappa shape index (κ1) is 16.5. The smallest absolute Gasteiger partial charge is 0.325 e. The lowest BCUT2D eigenvalue weighted by Crippen LogP contribution is -2.43. The van der Waals surface area contributed by atoms with Gasteiger partial charge in [-0.2, -0.15) is 0 Å². The van der Waals surface area contributed by atoms with Gasteiger partial charge >= 0.3 is 6.03 Å². The third kappa shape index (κ3) is 3.15. The van der Waals surface area contributed by atoms with E-state index >= 15 is 0 Å². The number of amides is 3. The molecular weight excluding hydrogens is 282 g/mol. The number of rotatable bonds is 7. The summed E-state index contributed by atoms with van der Waals surface area (Å²) in [6.07, 6.45) is 5.00. The Hall–Kier alpha value is -1.85. The van der Waals surface area contributed by atoms with Crippen LogP contribution in [0.15, 0.2) is 4.52 Å². The number of urea groups is 1. The molecule has 0 aromatic carbocycles. The van der Waals surface area contributed by atoms with Crippen LogP contribution < -0.4 is 5.32 Å². The Morgan fingerprint density at radius 2 is 1.95 bits per heavy atom. The lowest BCUT2D eigenvalue weighted by molar-refractivity contribution is -0.131. The van der Waals surface area contributed by atoms with Gasteiger partial charge in [0.05, 0.1) is 12.2 Å². The highest BCUT2D eigenvalue weighted by Gasteiger charge is 2.47. The molecule has 1 saturated heterocycles. The minimum atomic E-state index is -0.788. The van der Waals surface area contributed by atoms with Crippen molar-refractivity contribution < 1.29 is 14.1 Å². The second-order valence-corrected chi connectivity index (χ2v) is 6.27. The van der Waals surface area contributed by atoms with Crippen molar-refractivity contribution in [2.75, 3.05) is 0 Å². The van der Waals surface area contributed by atoms with Gasteiger partial charge in [0.2, 0.25) is 0 Å². The number of nitrogens with zero attached hydrogens (tertiary/aromatic N) is 2. The largest absolute Gasteiger partial charge is 0.361 e. The van der Waals surface area contributed by atoms with E-state index in [0.717, 1.165) is 36.9 Å². The highest BCUT2D eigenvalue weighted by atomic mass is 16.5. The van der Waals surface area contributed by atoms with Gasteiger partial charge < -0.3 is 9.84 Å². The molecule has 1 aliphatic heterocycles. The molecule has 0 spiro atoms. The van der Waals surface area contributed by atoms with Gasteiger partial charge in [0.1, 0.15) is 11.3 Å². The number of hydrogen-bond acceptors (Lipinski definition) is 4. The minimum Gasteiger partial charge on any atom is -0.361 e. The van der Waals surface area contributed by atoms with E-state index in [2.05, 4.69) is 17.4 Å². The summed E-state index contributed by atoms with van der Waals surface area (Å²) in [4.78, 5) is 26.1. The van der Waals surface area contributed by atoms with Crippen molar-refractivity contribution in [3.05, 3.63) is 17.0 Å². The van der Waals surface area contributed by atoms with Gasteiger partial charge in [0.15, 0.2) is 0 Å². The highest BCUT2D eigenvalue weighted by Crippen LogP contribution is 2.26. The molecule has 122 valence electrons. The summed E-state index contributed by atoms with van der Waals surface area (Å²) in [7, 11) is 0. The Labute approximate surface area is 131 Å². The fourth-order valence-corrected chi connectivity index (χ4v) is 2.85. The molecule has 0 saturated carbocycles. The van der Waals surface area contributed by atoms with Crippen LogP contribution in [0.1, 0.15) is 63.0 Å². The maximum Gasteiger partial charge on any atom is 0.325 e. The van der Waals surface area contributed by atoms with Gasteiger partial charge in [-0.15, -0.1) is 0 Å². The minimum absolute atomic E-state index is 0.158. The van der Waals surface area contributed by atoms with Gasteiger partial charge in [0.25, 0.3) is 5.91 Å². The van der Waals surface area contributed by atoms with Crippen molar-refractivity contribution >= 4 is 11.9 Å². The van der Waals surface area contributed by atoms with Crippen molar-refractivity contribution in [1.82, 2.24) is 15.4 Å². The third-order valence-electron chi connectivity index (χ3n) is 4.37. The van der Waals surface area contributed by atoms with Crippen molar-refractivity contribution in [3.63, 3.8) is 0 Å². The van der Waals surface area contributed by atoms with Crippen molar-refractivity contribution in [1.29, 1.82) is 0 Å². The average Bonchev–Trinajstić information content (AvgIpc) is 2.89. The molecule has 0 bridgehead atoms. The van der Waals surface area contributed by atoms with E-state index < -0.39 is 5.54 Å². The van der Waals surface area contributed by atoms with Crippen LogP contribution in [0.3, 0.4) is 0 Å². The summed E-state index contributed by atoms with van der Waals surface area (Å²) in [5, 5.41) is 6.71. The summed E-state index contributed by atoms with van der Waals surface area (Å²) in [5.41, 5.74) is 0.734. The Morgan fingerprint density at radius 1 is 1.23 bits per heavy atom. The molecule has 2 heterocycles. The van der Waals surface area contributed by atoms with Gasteiger partial charge in [-0.3, -0.25) is 9.69 Å². The van der Waals surface area contributed by atoms with Crippen LogP contribution in [-0.4, -0.2) is 27.5 Å². The van der Waals surface area contributed by atoms with Crippen molar-refractivity contribution in [2.24, 2.45) is 0 Å². The molecule has 1 fully saturated rings. The van der Waals surface area contributed by atoms with Crippen LogP contribution in [0.5, 0.6) is 0 Å². The van der Waals surface area contributed by atoms with Gasteiger partial charge in [-0.1, -0.05) is 37.8 Å². The van der Waals surface area contributed by atoms with Gasteiger partial charge in [0, 0.05) is 5.56 Å². The number of imide groups is 1. The zero-order valence-electron chi connectivity index (χ0n) is 13.9. The average molecular weight is 307 g/mol. The van der Waals surface area contributed by atoms with Crippen LogP contribution in [0, 0.1) is 13.8 Å². The molecule has 1 aliphatic rings. The molecule has 6 nitrogen and oxygen atoms in total. The third-order valence-corrected chi connectivity index (χ3v) is 4.37. The van der Waals surface area contributed by atoms with Gasteiger partial charge in [-0.05, 0) is 27.2 Å². The molecule has 1 aromatic rings. The van der Waals surface area contributed by atoms with E-state index in [0.29, 0.717) is 12.2 Å². The molecular formula is C16H25N3O3. The standard InChI is InChI=1S/C16H25N3O3/c1-5-6-7-8-9-16(4)14(20)19(15(21)17-16)10-13-11(2)18-22-12(13)3/h5-10H2,1-4H3,(H,17,21)/t16-/m1/s1. The monoisotopic (exact) mass is 307 g/mol. The number of hydrogen-bond donors (Lipinski definition) is 1. The molecule has 0 unspecified atom stereocenters. The molecule has 3 amide bonds. The highest BCUT2D eigenvalue weighted by molar-refractivity contribution is 6.06. The quantitative estimate of drug-likeness (QED) is 0.620. The molecule has 1 N–H and O–H groups in total. The van der Waals surface area contributed by atoms with Crippen molar-refractivity contribution in [2.45, 2.75) is 71.9 Å². The van der Waals surface area contributed by atoms with E-state index in [1.54, 1.807) is 6.92 Å². The first-order chi connectivity index (χ1) is 10.4. The lowest BCUT2D eigenvalue weighted by atomic mass is 9.94. The molecule has 22 heavy (non-hydrogen) atoms. The number of aromatic nitrogens is 1. The summed E-state index contributed by atoms with van der Waals surface area (Å²) >= 11 is 0. The number of carbonyl (C=O) groups is 2. The summed E-state index contributed by atoms with van der Waals surface area (Å²) in [5.74, 6) is 0.489. The van der Waals surface area contributed by atoms with Crippen molar-refractivity contribution in [3.8, 4) is 0 Å². The molecule has 0 radical (unpaired) electrons. The maximum atomic E-state index is 12.6. The van der Waals surface area contributed by atoms with Crippen LogP contribution in [-0.2, 0) is 11.3 Å². The predicted octanol–water partition coefficient (Wildman–Crippen LogP) is 3.07. The molecule has 2 rings (SSSR count). The Balaban J connectivity index is 2.05. The fraction of sp³-hybridized carbons (Fsp3) is 0.688. The van der Waals surface area contributed by atoms with Gasteiger partial charge in [-0.25, -0.2) is 4.79 Å². The van der Waals surface area contributed by atoms with Crippen LogP contribution in [0.2, 0.25) is 0 Å². The summed E-state index contributed by atoms with van der Waals surface area (Å²) in [6, 6.07) is -0.331. The summed E-state index contributed by atoms with van der Waals surface area (Å²) < 4.78 is 5.10. The van der Waals surface area contributed by atoms with E-state index in [9.17, 15) is 9.59 Å². The second-order valence-electron chi connectivity index (χ2n) is 6.27. The Morgan fingerprint density at radius 3 is 2.55 bits per heavy atom. The fourth-order valence-electron chi connectivity index (χ4n) is 2.85. The number of carbonyl (C=O) groups excluding carboxylic acids is 2. The normalized spacial score (nSPS) is 21.5. The van der Waals surface area contributed by atoms with E-state index in [1.807, 2.05) is 13.8 Å². The van der Waals surface area contributed by atoms with Crippen LogP contribution in [0.4, 0.5) is 4.79 Å². The SMILES string of the molecule is CCCCCC[C@@]1(C)NC(=O)N(Cc2c(C)noc2C)C1=O. The number of aryl methyl sites for hydroxylation is 2.